The molecule has 23 heavy (non-hydrogen) atoms. The lowest BCUT2D eigenvalue weighted by atomic mass is 9.83. The molecule has 132 valence electrons. The van der Waals surface area contributed by atoms with Crippen molar-refractivity contribution in [3.05, 3.63) is 11.9 Å². The van der Waals surface area contributed by atoms with Gasteiger partial charge in [-0.3, -0.25) is 4.68 Å². The van der Waals surface area contributed by atoms with Crippen molar-refractivity contribution in [1.82, 2.24) is 20.3 Å². The molecule has 1 aliphatic rings. The van der Waals surface area contributed by atoms with Crippen LogP contribution in [0.5, 0.6) is 0 Å². The molecule has 4 unspecified atom stereocenters. The normalized spacial score (nSPS) is 34.7. The third-order valence-electron chi connectivity index (χ3n) is 3.98. The van der Waals surface area contributed by atoms with E-state index >= 15 is 0 Å². The zero-order valence-electron chi connectivity index (χ0n) is 12.9. The van der Waals surface area contributed by atoms with Crippen LogP contribution in [0.4, 0.5) is 0 Å². The molecule has 1 saturated carbocycles. The Morgan fingerprint density at radius 3 is 2.30 bits per heavy atom. The third kappa shape index (κ3) is 4.41. The number of nitrogens with zero attached hydrogens (tertiary/aromatic N) is 3. The van der Waals surface area contributed by atoms with Gasteiger partial charge in [-0.2, -0.15) is 11.8 Å². The first-order valence-electron chi connectivity index (χ1n) is 7.47. The number of nitrogens with one attached hydrogen (secondary N) is 1. The smallest absolute Gasteiger partial charge is 0.111 e. The second-order valence-corrected chi connectivity index (χ2v) is 6.66. The van der Waals surface area contributed by atoms with Crippen LogP contribution in [0.1, 0.15) is 12.1 Å². The predicted molar refractivity (Wildman–Crippen MR) is 83.7 cm³/mol. The zero-order valence-corrected chi connectivity index (χ0v) is 13.7. The molecule has 0 aromatic carbocycles. The van der Waals surface area contributed by atoms with Crippen LogP contribution in [0.3, 0.4) is 0 Å². The van der Waals surface area contributed by atoms with E-state index in [2.05, 4.69) is 15.6 Å². The number of aliphatic hydroxyl groups excluding tert-OH is 5. The van der Waals surface area contributed by atoms with Crippen molar-refractivity contribution in [1.29, 1.82) is 0 Å². The van der Waals surface area contributed by atoms with Gasteiger partial charge in [0.2, 0.25) is 0 Å². The highest BCUT2D eigenvalue weighted by Crippen LogP contribution is 2.21. The summed E-state index contributed by atoms with van der Waals surface area (Å²) in [6, 6.07) is -0.981. The quantitative estimate of drug-likeness (QED) is 0.290. The molecule has 0 bridgehead atoms. The van der Waals surface area contributed by atoms with E-state index in [0.29, 0.717) is 5.69 Å². The summed E-state index contributed by atoms with van der Waals surface area (Å²) in [4.78, 5) is 0. The molecular formula is C13H24N4O5S. The molecule has 1 aromatic heterocycles. The van der Waals surface area contributed by atoms with Gasteiger partial charge in [0.15, 0.2) is 0 Å². The topological polar surface area (TPSA) is 144 Å². The average Bonchev–Trinajstić information content (AvgIpc) is 2.99. The molecule has 0 aliphatic heterocycles. The number of thioether (sulfide) groups is 1. The Balaban J connectivity index is 1.89. The van der Waals surface area contributed by atoms with Crippen LogP contribution in [0.25, 0.3) is 0 Å². The van der Waals surface area contributed by atoms with Gasteiger partial charge in [-0.25, -0.2) is 0 Å². The van der Waals surface area contributed by atoms with Gasteiger partial charge in [-0.15, -0.1) is 5.10 Å². The summed E-state index contributed by atoms with van der Waals surface area (Å²) in [6.07, 6.45) is -2.68. The Morgan fingerprint density at radius 1 is 1.09 bits per heavy atom. The lowest BCUT2D eigenvalue weighted by Gasteiger charge is -2.42. The monoisotopic (exact) mass is 348 g/mol. The number of hydrogen-bond donors (Lipinski definition) is 6. The maximum Gasteiger partial charge on any atom is 0.111 e. The number of hydrogen-bond acceptors (Lipinski definition) is 9. The summed E-state index contributed by atoms with van der Waals surface area (Å²) >= 11 is 1.76. The molecule has 1 aliphatic carbocycles. The average molecular weight is 348 g/mol. The van der Waals surface area contributed by atoms with E-state index in [-0.39, 0.29) is 6.54 Å². The van der Waals surface area contributed by atoms with Crippen LogP contribution in [0.2, 0.25) is 0 Å². The molecule has 0 spiro atoms. The molecule has 10 heteroatoms. The van der Waals surface area contributed by atoms with Gasteiger partial charge in [-0.1, -0.05) is 5.21 Å². The SMILES string of the molecule is CSCCCn1cc(CNC2C(O)C(O)C(O)C(O)C2O)nn1. The van der Waals surface area contributed by atoms with Gasteiger partial charge >= 0.3 is 0 Å². The number of aliphatic hydroxyl groups is 5. The Labute approximate surface area is 138 Å². The molecule has 6 N–H and O–H groups in total. The maximum absolute atomic E-state index is 9.94. The molecule has 1 heterocycles. The van der Waals surface area contributed by atoms with Crippen molar-refractivity contribution >= 4 is 11.8 Å². The molecule has 1 fully saturated rings. The first-order chi connectivity index (χ1) is 11.0. The zero-order chi connectivity index (χ0) is 17.0. The molecular weight excluding hydrogens is 324 g/mol. The van der Waals surface area contributed by atoms with E-state index < -0.39 is 36.6 Å². The van der Waals surface area contributed by atoms with Gasteiger partial charge in [0, 0.05) is 19.3 Å². The Morgan fingerprint density at radius 2 is 1.70 bits per heavy atom. The minimum Gasteiger partial charge on any atom is -0.389 e. The summed E-state index contributed by atoms with van der Waals surface area (Å²) in [5.41, 5.74) is 0.614. The highest BCUT2D eigenvalue weighted by atomic mass is 32.2. The van der Waals surface area contributed by atoms with Crippen molar-refractivity contribution in [3.63, 3.8) is 0 Å². The Bertz CT molecular complexity index is 475. The fourth-order valence-corrected chi connectivity index (χ4v) is 3.01. The minimum absolute atomic E-state index is 0.205. The fourth-order valence-electron chi connectivity index (χ4n) is 2.60. The number of rotatable bonds is 7. The van der Waals surface area contributed by atoms with Crippen LogP contribution >= 0.6 is 11.8 Å². The highest BCUT2D eigenvalue weighted by Gasteiger charge is 2.47. The summed E-state index contributed by atoms with van der Waals surface area (Å²) in [5, 5.41) is 59.6. The van der Waals surface area contributed by atoms with E-state index in [1.54, 1.807) is 22.6 Å². The van der Waals surface area contributed by atoms with Crippen molar-refractivity contribution in [3.8, 4) is 0 Å². The van der Waals surface area contributed by atoms with Gasteiger partial charge in [0.25, 0.3) is 0 Å². The first kappa shape index (κ1) is 18.6. The molecule has 9 nitrogen and oxygen atoms in total. The van der Waals surface area contributed by atoms with Gasteiger partial charge in [0.1, 0.15) is 30.5 Å². The molecule has 0 radical (unpaired) electrons. The largest absolute Gasteiger partial charge is 0.389 e. The summed E-state index contributed by atoms with van der Waals surface area (Å²) in [7, 11) is 0. The van der Waals surface area contributed by atoms with Crippen LogP contribution in [0, 0.1) is 0 Å². The van der Waals surface area contributed by atoms with Crippen LogP contribution in [0.15, 0.2) is 6.20 Å². The van der Waals surface area contributed by atoms with Gasteiger partial charge in [0.05, 0.1) is 11.7 Å². The van der Waals surface area contributed by atoms with E-state index in [0.717, 1.165) is 18.7 Å². The van der Waals surface area contributed by atoms with Crippen molar-refractivity contribution in [2.45, 2.75) is 56.1 Å². The lowest BCUT2D eigenvalue weighted by molar-refractivity contribution is -0.190. The Hall–Kier alpha value is -0.750. The second kappa shape index (κ2) is 8.38. The second-order valence-electron chi connectivity index (χ2n) is 5.68. The maximum atomic E-state index is 9.94. The van der Waals surface area contributed by atoms with Crippen LogP contribution in [-0.2, 0) is 13.1 Å². The third-order valence-corrected chi connectivity index (χ3v) is 4.67. The van der Waals surface area contributed by atoms with Gasteiger partial charge in [-0.05, 0) is 18.4 Å². The van der Waals surface area contributed by atoms with Crippen molar-refractivity contribution in [2.75, 3.05) is 12.0 Å². The number of aryl methyl sites for hydroxylation is 1. The van der Waals surface area contributed by atoms with E-state index in [4.69, 9.17) is 0 Å². The highest BCUT2D eigenvalue weighted by molar-refractivity contribution is 7.98. The predicted octanol–water partition coefficient (Wildman–Crippen LogP) is -2.69. The minimum atomic E-state index is -1.59. The summed E-state index contributed by atoms with van der Waals surface area (Å²) in [5.74, 6) is 1.03. The number of aromatic nitrogens is 3. The first-order valence-corrected chi connectivity index (χ1v) is 8.86. The fraction of sp³-hybridized carbons (Fsp3) is 0.846. The Kier molecular flexibility index (Phi) is 6.77. The van der Waals surface area contributed by atoms with Crippen molar-refractivity contribution < 1.29 is 25.5 Å². The molecule has 4 atom stereocenters. The van der Waals surface area contributed by atoms with E-state index in [1.165, 1.54) is 0 Å². The van der Waals surface area contributed by atoms with Crippen LogP contribution in [-0.4, -0.2) is 89.1 Å². The molecule has 2 rings (SSSR count). The molecule has 0 amide bonds. The van der Waals surface area contributed by atoms with Crippen molar-refractivity contribution in [2.24, 2.45) is 0 Å². The van der Waals surface area contributed by atoms with E-state index in [1.807, 2.05) is 6.26 Å². The van der Waals surface area contributed by atoms with Gasteiger partial charge < -0.3 is 30.8 Å². The summed E-state index contributed by atoms with van der Waals surface area (Å²) < 4.78 is 1.72. The standard InChI is InChI=1S/C13H24N4O5S/c1-23-4-2-3-17-6-7(15-16-17)5-14-8-9(18)11(20)13(22)12(21)10(8)19/h6,8-14,18-22H,2-5H2,1H3. The van der Waals surface area contributed by atoms with E-state index in [9.17, 15) is 25.5 Å². The van der Waals surface area contributed by atoms with Crippen LogP contribution < -0.4 is 5.32 Å². The lowest BCUT2D eigenvalue weighted by Crippen LogP contribution is -2.67. The molecule has 1 aromatic rings. The molecule has 0 saturated heterocycles. The summed E-state index contributed by atoms with van der Waals surface area (Å²) in [6.45, 7) is 0.961.